The summed E-state index contributed by atoms with van der Waals surface area (Å²) in [5.41, 5.74) is 4.62. The van der Waals surface area contributed by atoms with Crippen molar-refractivity contribution in [3.63, 3.8) is 0 Å². The Labute approximate surface area is 112 Å². The first-order chi connectivity index (χ1) is 8.04. The molecule has 1 rings (SSSR count). The van der Waals surface area contributed by atoms with Gasteiger partial charge in [-0.1, -0.05) is 11.6 Å². The van der Waals surface area contributed by atoms with Gasteiger partial charge >= 0.3 is 0 Å². The molecule has 0 atom stereocenters. The Morgan fingerprint density at radius 3 is 2.44 bits per heavy atom. The van der Waals surface area contributed by atoms with Gasteiger partial charge in [-0.3, -0.25) is 0 Å². The Kier molecular flexibility index (Phi) is 4.27. The van der Waals surface area contributed by atoms with Crippen LogP contribution in [0.4, 0.5) is 5.69 Å². The number of sulfonamides is 1. The van der Waals surface area contributed by atoms with Crippen LogP contribution in [0.25, 0.3) is 0 Å². The van der Waals surface area contributed by atoms with Crippen molar-refractivity contribution in [2.75, 3.05) is 19.3 Å². The second-order valence-corrected chi connectivity index (χ2v) is 7.21. The van der Waals surface area contributed by atoms with Crippen LogP contribution in [0, 0.1) is 0 Å². The average molecular weight is 293 g/mol. The van der Waals surface area contributed by atoms with Gasteiger partial charge in [0.2, 0.25) is 10.0 Å². The van der Waals surface area contributed by atoms with E-state index in [1.807, 2.05) is 0 Å². The second kappa shape index (κ2) is 5.05. The molecular formula is C11H17ClN2O3S. The molecule has 0 unspecified atom stereocenters. The van der Waals surface area contributed by atoms with Gasteiger partial charge in [-0.2, -0.15) is 4.31 Å². The summed E-state index contributed by atoms with van der Waals surface area (Å²) in [7, 11) is -2.34. The van der Waals surface area contributed by atoms with Gasteiger partial charge in [0.05, 0.1) is 11.3 Å². The Hall–Kier alpha value is -0.820. The highest BCUT2D eigenvalue weighted by atomic mass is 35.5. The number of nitrogen functional groups attached to an aromatic ring is 1. The zero-order valence-electron chi connectivity index (χ0n) is 10.5. The van der Waals surface area contributed by atoms with E-state index in [1.54, 1.807) is 0 Å². The van der Waals surface area contributed by atoms with E-state index in [4.69, 9.17) is 17.3 Å². The number of nitrogens with zero attached hydrogens (tertiary/aromatic N) is 1. The zero-order valence-corrected chi connectivity index (χ0v) is 12.1. The first-order valence-electron chi connectivity index (χ1n) is 5.28. The van der Waals surface area contributed by atoms with Gasteiger partial charge in [0, 0.05) is 18.6 Å². The number of nitrogens with two attached hydrogens (primary N) is 1. The molecule has 0 fully saturated rings. The van der Waals surface area contributed by atoms with E-state index in [0.717, 1.165) is 4.31 Å². The molecule has 3 N–H and O–H groups in total. The molecule has 0 heterocycles. The molecule has 0 saturated heterocycles. The third-order valence-electron chi connectivity index (χ3n) is 2.27. The Morgan fingerprint density at radius 1 is 1.44 bits per heavy atom. The molecule has 7 heteroatoms. The summed E-state index contributed by atoms with van der Waals surface area (Å²) in [6.45, 7) is 3.03. The molecular weight excluding hydrogens is 276 g/mol. The van der Waals surface area contributed by atoms with Crippen molar-refractivity contribution in [1.82, 2.24) is 4.31 Å². The van der Waals surface area contributed by atoms with E-state index in [9.17, 15) is 13.5 Å². The fraction of sp³-hybridized carbons (Fsp3) is 0.455. The molecule has 102 valence electrons. The number of likely N-dealkylation sites (N-methyl/N-ethyl adjacent to an activating group) is 1. The van der Waals surface area contributed by atoms with Gasteiger partial charge in [-0.15, -0.1) is 0 Å². The van der Waals surface area contributed by atoms with Crippen LogP contribution in [0.15, 0.2) is 23.1 Å². The molecule has 1 aromatic rings. The summed E-state index contributed by atoms with van der Waals surface area (Å²) in [5.74, 6) is 0. The van der Waals surface area contributed by atoms with Crippen LogP contribution in [0.5, 0.6) is 0 Å². The molecule has 0 bridgehead atoms. The summed E-state index contributed by atoms with van der Waals surface area (Å²) in [5, 5.41) is 10.0. The highest BCUT2D eigenvalue weighted by Gasteiger charge is 2.27. The normalized spacial score (nSPS) is 13.0. The lowest BCUT2D eigenvalue weighted by atomic mass is 10.1. The van der Waals surface area contributed by atoms with E-state index in [0.29, 0.717) is 5.02 Å². The van der Waals surface area contributed by atoms with Crippen LogP contribution < -0.4 is 5.73 Å². The molecule has 0 radical (unpaired) electrons. The fourth-order valence-electron chi connectivity index (χ4n) is 1.55. The Balaban J connectivity index is 3.14. The molecule has 5 nitrogen and oxygen atoms in total. The molecule has 0 amide bonds. The standard InChI is InChI=1S/C11H17ClN2O3S/c1-11(2,15)7-14(3)18(16,17)10-5-4-8(12)6-9(10)13/h4-6,15H,7,13H2,1-3H3. The van der Waals surface area contributed by atoms with Gasteiger partial charge in [0.15, 0.2) is 0 Å². The molecule has 0 aliphatic carbocycles. The number of aliphatic hydroxyl groups is 1. The van der Waals surface area contributed by atoms with Crippen molar-refractivity contribution in [2.24, 2.45) is 0 Å². The highest BCUT2D eigenvalue weighted by molar-refractivity contribution is 7.89. The minimum atomic E-state index is -3.73. The third-order valence-corrected chi connectivity index (χ3v) is 4.38. The molecule has 0 aliphatic heterocycles. The first-order valence-corrected chi connectivity index (χ1v) is 7.09. The molecule has 18 heavy (non-hydrogen) atoms. The van der Waals surface area contributed by atoms with Gasteiger partial charge in [0.1, 0.15) is 4.90 Å². The quantitative estimate of drug-likeness (QED) is 0.820. The second-order valence-electron chi connectivity index (χ2n) is 4.76. The zero-order chi connectivity index (χ0) is 14.1. The molecule has 1 aromatic carbocycles. The van der Waals surface area contributed by atoms with Gasteiger partial charge < -0.3 is 10.8 Å². The van der Waals surface area contributed by atoms with Gasteiger partial charge in [-0.25, -0.2) is 8.42 Å². The SMILES string of the molecule is CN(CC(C)(C)O)S(=O)(=O)c1ccc(Cl)cc1N. The number of halogens is 1. The fourth-order valence-corrected chi connectivity index (χ4v) is 3.15. The number of hydrogen-bond donors (Lipinski definition) is 2. The predicted octanol–water partition coefficient (Wildman–Crippen LogP) is 1.31. The van der Waals surface area contributed by atoms with E-state index in [-0.39, 0.29) is 17.1 Å². The summed E-state index contributed by atoms with van der Waals surface area (Å²) in [6, 6.07) is 4.20. The lowest BCUT2D eigenvalue weighted by Gasteiger charge is -2.25. The first kappa shape index (κ1) is 15.2. The Bertz CT molecular complexity index is 538. The number of benzene rings is 1. The lowest BCUT2D eigenvalue weighted by molar-refractivity contribution is 0.0640. The van der Waals surface area contributed by atoms with Crippen molar-refractivity contribution < 1.29 is 13.5 Å². The lowest BCUT2D eigenvalue weighted by Crippen LogP contribution is -2.39. The van der Waals surface area contributed by atoms with Crippen molar-refractivity contribution in [1.29, 1.82) is 0 Å². The van der Waals surface area contributed by atoms with Crippen LogP contribution in [0.3, 0.4) is 0 Å². The molecule has 0 aliphatic rings. The highest BCUT2D eigenvalue weighted by Crippen LogP contribution is 2.25. The van der Waals surface area contributed by atoms with Crippen LogP contribution in [0.2, 0.25) is 5.02 Å². The van der Waals surface area contributed by atoms with Gasteiger partial charge in [0.25, 0.3) is 0 Å². The van der Waals surface area contributed by atoms with E-state index in [2.05, 4.69) is 0 Å². The minimum absolute atomic E-state index is 0.0151. The maximum atomic E-state index is 12.2. The maximum Gasteiger partial charge on any atom is 0.244 e. The molecule has 0 aromatic heterocycles. The van der Waals surface area contributed by atoms with Crippen molar-refractivity contribution in [2.45, 2.75) is 24.3 Å². The molecule has 0 spiro atoms. The summed E-state index contributed by atoms with van der Waals surface area (Å²) < 4.78 is 25.5. The smallest absolute Gasteiger partial charge is 0.244 e. The van der Waals surface area contributed by atoms with Gasteiger partial charge in [-0.05, 0) is 32.0 Å². The van der Waals surface area contributed by atoms with Crippen LogP contribution in [-0.4, -0.2) is 37.0 Å². The summed E-state index contributed by atoms with van der Waals surface area (Å²) >= 11 is 5.72. The number of anilines is 1. The Morgan fingerprint density at radius 2 is 2.00 bits per heavy atom. The topological polar surface area (TPSA) is 83.6 Å². The van der Waals surface area contributed by atoms with Crippen LogP contribution in [-0.2, 0) is 10.0 Å². The van der Waals surface area contributed by atoms with E-state index >= 15 is 0 Å². The largest absolute Gasteiger partial charge is 0.398 e. The summed E-state index contributed by atoms with van der Waals surface area (Å²) in [6.07, 6.45) is 0. The average Bonchev–Trinajstić information content (AvgIpc) is 2.13. The minimum Gasteiger partial charge on any atom is -0.398 e. The molecule has 0 saturated carbocycles. The monoisotopic (exact) mass is 292 g/mol. The van der Waals surface area contributed by atoms with Crippen LogP contribution in [0.1, 0.15) is 13.8 Å². The maximum absolute atomic E-state index is 12.2. The van der Waals surface area contributed by atoms with E-state index < -0.39 is 15.6 Å². The summed E-state index contributed by atoms with van der Waals surface area (Å²) in [4.78, 5) is -0.0151. The number of rotatable bonds is 4. The van der Waals surface area contributed by atoms with Crippen LogP contribution >= 0.6 is 11.6 Å². The van der Waals surface area contributed by atoms with Crippen molar-refractivity contribution in [3.05, 3.63) is 23.2 Å². The van der Waals surface area contributed by atoms with E-state index in [1.165, 1.54) is 39.1 Å². The van der Waals surface area contributed by atoms with Crippen molar-refractivity contribution >= 4 is 27.3 Å². The third kappa shape index (κ3) is 3.58. The van der Waals surface area contributed by atoms with Crippen molar-refractivity contribution in [3.8, 4) is 0 Å². The predicted molar refractivity (Wildman–Crippen MR) is 72.0 cm³/mol. The number of hydrogen-bond acceptors (Lipinski definition) is 4.